The van der Waals surface area contributed by atoms with Crippen molar-refractivity contribution in [3.8, 4) is 0 Å². The maximum absolute atomic E-state index is 14.2. The lowest BCUT2D eigenvalue weighted by atomic mass is 9.84. The molecule has 2 amide bonds. The molecule has 1 aliphatic carbocycles. The molecule has 2 aliphatic heterocycles. The second kappa shape index (κ2) is 7.97. The molecular weight excluding hydrogens is 443 g/mol. The Morgan fingerprint density at radius 1 is 1.15 bits per heavy atom. The summed E-state index contributed by atoms with van der Waals surface area (Å²) in [5, 5.41) is 2.98. The number of fused-ring (bicyclic) bond motifs is 2. The van der Waals surface area contributed by atoms with Crippen LogP contribution in [0.25, 0.3) is 0 Å². The lowest BCUT2D eigenvalue weighted by Crippen LogP contribution is -2.55. The molecule has 5 rings (SSSR count). The molecule has 0 bridgehead atoms. The minimum Gasteiger partial charge on any atom is -0.354 e. The first-order valence-corrected chi connectivity index (χ1v) is 12.0. The van der Waals surface area contributed by atoms with Crippen LogP contribution in [0.3, 0.4) is 0 Å². The second-order valence-electron chi connectivity index (χ2n) is 9.86. The van der Waals surface area contributed by atoms with E-state index in [-0.39, 0.29) is 22.3 Å². The van der Waals surface area contributed by atoms with Gasteiger partial charge in [0.15, 0.2) is 0 Å². The molecule has 6 nitrogen and oxygen atoms in total. The van der Waals surface area contributed by atoms with Crippen LogP contribution >= 0.6 is 11.6 Å². The van der Waals surface area contributed by atoms with Gasteiger partial charge in [-0.05, 0) is 63.4 Å². The van der Waals surface area contributed by atoms with Gasteiger partial charge in [0.2, 0.25) is 5.91 Å². The molecule has 3 aliphatic rings. The number of nitrogens with one attached hydrogen (secondary N) is 1. The number of hydrogen-bond acceptors (Lipinski definition) is 4. The van der Waals surface area contributed by atoms with E-state index >= 15 is 0 Å². The maximum atomic E-state index is 14.2. The highest BCUT2D eigenvalue weighted by atomic mass is 35.5. The summed E-state index contributed by atoms with van der Waals surface area (Å²) in [6, 6.07) is 8.49. The third kappa shape index (κ3) is 3.57. The lowest BCUT2D eigenvalue weighted by Gasteiger charge is -2.35. The van der Waals surface area contributed by atoms with Crippen LogP contribution in [0.5, 0.6) is 0 Å². The van der Waals surface area contributed by atoms with Gasteiger partial charge in [-0.2, -0.15) is 0 Å². The van der Waals surface area contributed by atoms with Crippen LogP contribution in [0.1, 0.15) is 62.1 Å². The summed E-state index contributed by atoms with van der Waals surface area (Å²) in [5.41, 5.74) is 1.78. The van der Waals surface area contributed by atoms with Crippen LogP contribution in [-0.2, 0) is 10.2 Å². The fraction of sp³-hybridized carbons (Fsp3) is 0.480. The van der Waals surface area contributed by atoms with E-state index in [2.05, 4.69) is 10.2 Å². The molecule has 0 unspecified atom stereocenters. The highest BCUT2D eigenvalue weighted by molar-refractivity contribution is 6.30. The molecule has 3 heterocycles. The fourth-order valence-electron chi connectivity index (χ4n) is 5.52. The first-order chi connectivity index (χ1) is 15.7. The molecule has 1 aromatic carbocycles. The SMILES string of the molecule is CC1(C)C(=O)NCCCN1C(=O)c1ccc2c(n1)C1(CCCC1)CN2c1ccc(Cl)c(F)c1. The molecule has 1 aromatic heterocycles. The summed E-state index contributed by atoms with van der Waals surface area (Å²) < 4.78 is 14.2. The topological polar surface area (TPSA) is 65.5 Å². The zero-order valence-electron chi connectivity index (χ0n) is 19.0. The van der Waals surface area contributed by atoms with Crippen molar-refractivity contribution >= 4 is 34.8 Å². The van der Waals surface area contributed by atoms with Gasteiger partial charge in [-0.15, -0.1) is 0 Å². The van der Waals surface area contributed by atoms with E-state index in [1.165, 1.54) is 6.07 Å². The summed E-state index contributed by atoms with van der Waals surface area (Å²) in [7, 11) is 0. The first kappa shape index (κ1) is 22.1. The van der Waals surface area contributed by atoms with E-state index in [4.69, 9.17) is 16.6 Å². The smallest absolute Gasteiger partial charge is 0.273 e. The minimum atomic E-state index is -0.952. The van der Waals surface area contributed by atoms with Crippen molar-refractivity contribution in [1.29, 1.82) is 0 Å². The van der Waals surface area contributed by atoms with E-state index < -0.39 is 11.4 Å². The number of aromatic nitrogens is 1. The van der Waals surface area contributed by atoms with Crippen molar-refractivity contribution in [1.82, 2.24) is 15.2 Å². The summed E-state index contributed by atoms with van der Waals surface area (Å²) >= 11 is 5.91. The van der Waals surface area contributed by atoms with Crippen LogP contribution in [0.15, 0.2) is 30.3 Å². The number of halogens is 2. The molecule has 1 saturated carbocycles. The molecule has 2 aromatic rings. The largest absolute Gasteiger partial charge is 0.354 e. The number of hydrogen-bond donors (Lipinski definition) is 1. The average molecular weight is 471 g/mol. The predicted molar refractivity (Wildman–Crippen MR) is 126 cm³/mol. The van der Waals surface area contributed by atoms with Crippen molar-refractivity contribution < 1.29 is 14.0 Å². The predicted octanol–water partition coefficient (Wildman–Crippen LogP) is 4.58. The quantitative estimate of drug-likeness (QED) is 0.697. The normalized spacial score (nSPS) is 21.2. The van der Waals surface area contributed by atoms with E-state index in [1.807, 2.05) is 12.1 Å². The van der Waals surface area contributed by atoms with E-state index in [1.54, 1.807) is 30.9 Å². The first-order valence-electron chi connectivity index (χ1n) is 11.6. The molecule has 8 heteroatoms. The zero-order chi connectivity index (χ0) is 23.4. The van der Waals surface area contributed by atoms with E-state index in [0.29, 0.717) is 31.7 Å². The monoisotopic (exact) mass is 470 g/mol. The number of amides is 2. The highest BCUT2D eigenvalue weighted by Gasteiger charge is 2.47. The summed E-state index contributed by atoms with van der Waals surface area (Å²) in [5.74, 6) is -0.841. The van der Waals surface area contributed by atoms with Crippen molar-refractivity contribution in [3.05, 3.63) is 52.6 Å². The Hall–Kier alpha value is -2.67. The Balaban J connectivity index is 1.55. The van der Waals surface area contributed by atoms with Gasteiger partial charge < -0.3 is 15.1 Å². The number of carbonyl (C=O) groups excluding carboxylic acids is 2. The standard InChI is InChI=1S/C25H28ClFN4O2/c1-24(2)23(33)28-12-5-13-31(24)22(32)19-8-9-20-21(29-19)25(10-3-4-11-25)15-30(20)16-6-7-17(26)18(27)14-16/h6-9,14H,3-5,10-13,15H2,1-2H3,(H,28,33). The third-order valence-electron chi connectivity index (χ3n) is 7.44. The van der Waals surface area contributed by atoms with Gasteiger partial charge in [-0.1, -0.05) is 24.4 Å². The van der Waals surface area contributed by atoms with Gasteiger partial charge >= 0.3 is 0 Å². The zero-order valence-corrected chi connectivity index (χ0v) is 19.7. The van der Waals surface area contributed by atoms with E-state index in [9.17, 15) is 14.0 Å². The van der Waals surface area contributed by atoms with Gasteiger partial charge in [0.25, 0.3) is 5.91 Å². The number of pyridine rings is 1. The van der Waals surface area contributed by atoms with Crippen molar-refractivity contribution in [2.45, 2.75) is 56.9 Å². The molecule has 1 saturated heterocycles. The Kier molecular flexibility index (Phi) is 5.35. The Morgan fingerprint density at radius 3 is 2.64 bits per heavy atom. The molecule has 33 heavy (non-hydrogen) atoms. The van der Waals surface area contributed by atoms with Gasteiger partial charge in [0.1, 0.15) is 17.1 Å². The second-order valence-corrected chi connectivity index (χ2v) is 10.3. The lowest BCUT2D eigenvalue weighted by molar-refractivity contribution is -0.129. The highest BCUT2D eigenvalue weighted by Crippen LogP contribution is 2.52. The molecule has 0 radical (unpaired) electrons. The summed E-state index contributed by atoms with van der Waals surface area (Å²) in [6.07, 6.45) is 4.86. The Labute approximate surface area is 198 Å². The number of carbonyl (C=O) groups is 2. The molecular formula is C25H28ClFN4O2. The number of nitrogens with zero attached hydrogens (tertiary/aromatic N) is 3. The molecule has 1 N–H and O–H groups in total. The van der Waals surface area contributed by atoms with Crippen molar-refractivity contribution in [2.75, 3.05) is 24.5 Å². The van der Waals surface area contributed by atoms with E-state index in [0.717, 1.165) is 42.8 Å². The molecule has 1 spiro atoms. The third-order valence-corrected chi connectivity index (χ3v) is 7.75. The van der Waals surface area contributed by atoms with Gasteiger partial charge in [0.05, 0.1) is 16.4 Å². The average Bonchev–Trinajstić information content (AvgIpc) is 3.36. The molecule has 174 valence electrons. The number of anilines is 2. The van der Waals surface area contributed by atoms with Crippen LogP contribution in [0.2, 0.25) is 5.02 Å². The van der Waals surface area contributed by atoms with Crippen LogP contribution in [0.4, 0.5) is 15.8 Å². The van der Waals surface area contributed by atoms with Gasteiger partial charge in [-0.3, -0.25) is 9.59 Å². The number of benzene rings is 1. The summed E-state index contributed by atoms with van der Waals surface area (Å²) in [6.45, 7) is 5.29. The van der Waals surface area contributed by atoms with Crippen LogP contribution < -0.4 is 10.2 Å². The van der Waals surface area contributed by atoms with Crippen LogP contribution in [0, 0.1) is 5.82 Å². The number of rotatable bonds is 2. The molecule has 0 atom stereocenters. The Morgan fingerprint density at radius 2 is 1.91 bits per heavy atom. The minimum absolute atomic E-state index is 0.0944. The van der Waals surface area contributed by atoms with Crippen molar-refractivity contribution in [3.63, 3.8) is 0 Å². The summed E-state index contributed by atoms with van der Waals surface area (Å²) in [4.78, 5) is 34.7. The maximum Gasteiger partial charge on any atom is 0.273 e. The molecule has 2 fully saturated rings. The Bertz CT molecular complexity index is 1130. The fourth-order valence-corrected chi connectivity index (χ4v) is 5.64. The van der Waals surface area contributed by atoms with Crippen molar-refractivity contribution in [2.24, 2.45) is 0 Å². The van der Waals surface area contributed by atoms with Crippen LogP contribution in [-0.4, -0.2) is 46.9 Å². The van der Waals surface area contributed by atoms with Gasteiger partial charge in [0, 0.05) is 30.7 Å². The van der Waals surface area contributed by atoms with Gasteiger partial charge in [-0.25, -0.2) is 9.37 Å².